The topological polar surface area (TPSA) is 88.5 Å². The van der Waals surface area contributed by atoms with E-state index >= 15 is 0 Å². The van der Waals surface area contributed by atoms with Crippen LogP contribution in [0.4, 0.5) is 5.82 Å². The van der Waals surface area contributed by atoms with Crippen LogP contribution in [-0.2, 0) is 14.1 Å². The third kappa shape index (κ3) is 2.21. The zero-order valence-corrected chi connectivity index (χ0v) is 11.8. The highest BCUT2D eigenvalue weighted by molar-refractivity contribution is 14.1. The second-order valence-corrected chi connectivity index (χ2v) is 4.76. The molecule has 0 bridgehead atoms. The van der Waals surface area contributed by atoms with Gasteiger partial charge in [-0.05, 0) is 22.6 Å². The van der Waals surface area contributed by atoms with Gasteiger partial charge in [0.25, 0.3) is 5.91 Å². The summed E-state index contributed by atoms with van der Waals surface area (Å²) in [7, 11) is 3.39. The van der Waals surface area contributed by atoms with Gasteiger partial charge in [-0.15, -0.1) is 0 Å². The first-order valence-electron chi connectivity index (χ1n) is 4.95. The molecule has 0 aliphatic rings. The number of rotatable bonds is 2. The second kappa shape index (κ2) is 4.77. The van der Waals surface area contributed by atoms with Gasteiger partial charge in [-0.1, -0.05) is 0 Å². The van der Waals surface area contributed by atoms with E-state index in [9.17, 15) is 4.79 Å². The van der Waals surface area contributed by atoms with Gasteiger partial charge in [-0.2, -0.15) is 15.5 Å². The fraction of sp³-hybridized carbons (Fsp3) is 0.200. The molecule has 0 aliphatic carbocycles. The maximum Gasteiger partial charge on any atom is 0.278 e. The summed E-state index contributed by atoms with van der Waals surface area (Å²) in [6.45, 7) is 0. The van der Waals surface area contributed by atoms with E-state index in [1.807, 2.05) is 28.7 Å². The quantitative estimate of drug-likeness (QED) is 0.810. The van der Waals surface area contributed by atoms with Gasteiger partial charge in [0, 0.05) is 20.3 Å². The summed E-state index contributed by atoms with van der Waals surface area (Å²) < 4.78 is 3.74. The molecule has 0 spiro atoms. The number of carbonyl (C=O) groups is 1. The Bertz CT molecular complexity index is 650. The molecule has 8 heteroatoms. The van der Waals surface area contributed by atoms with Crippen molar-refractivity contribution >= 4 is 34.3 Å². The Morgan fingerprint density at radius 1 is 1.56 bits per heavy atom. The Morgan fingerprint density at radius 2 is 2.28 bits per heavy atom. The largest absolute Gasteiger partial charge is 0.304 e. The summed E-state index contributed by atoms with van der Waals surface area (Å²) in [6.07, 6.45) is 3.14. The highest BCUT2D eigenvalue weighted by Crippen LogP contribution is 2.16. The van der Waals surface area contributed by atoms with E-state index in [4.69, 9.17) is 5.26 Å². The molecular weight excluding hydrogens is 347 g/mol. The average molecular weight is 356 g/mol. The number of nitrogens with one attached hydrogen (secondary N) is 1. The number of nitriles is 1. The van der Waals surface area contributed by atoms with Gasteiger partial charge in [0.2, 0.25) is 0 Å². The van der Waals surface area contributed by atoms with Crippen LogP contribution in [-0.4, -0.2) is 25.5 Å². The molecule has 2 heterocycles. The van der Waals surface area contributed by atoms with Gasteiger partial charge in [-0.25, -0.2) is 0 Å². The van der Waals surface area contributed by atoms with Crippen molar-refractivity contribution in [3.05, 3.63) is 27.2 Å². The first-order valence-corrected chi connectivity index (χ1v) is 6.03. The van der Waals surface area contributed by atoms with Crippen LogP contribution in [0.2, 0.25) is 0 Å². The number of hydrogen-bond donors (Lipinski definition) is 1. The monoisotopic (exact) mass is 356 g/mol. The number of anilines is 1. The summed E-state index contributed by atoms with van der Waals surface area (Å²) in [5, 5.41) is 19.5. The van der Waals surface area contributed by atoms with Crippen LogP contribution in [0, 0.1) is 14.9 Å². The molecule has 0 aliphatic heterocycles. The van der Waals surface area contributed by atoms with E-state index in [-0.39, 0.29) is 5.91 Å². The lowest BCUT2D eigenvalue weighted by Gasteiger charge is -2.04. The van der Waals surface area contributed by atoms with Gasteiger partial charge in [0.15, 0.2) is 5.69 Å². The predicted octanol–water partition coefficient (Wildman–Crippen LogP) is 0.882. The van der Waals surface area contributed by atoms with Crippen LogP contribution in [0.1, 0.15) is 16.1 Å². The van der Waals surface area contributed by atoms with Crippen molar-refractivity contribution in [2.75, 3.05) is 5.32 Å². The number of carbonyl (C=O) groups excluding carboxylic acids is 1. The predicted molar refractivity (Wildman–Crippen MR) is 71.8 cm³/mol. The maximum absolute atomic E-state index is 12.0. The minimum absolute atomic E-state index is 0.316. The van der Waals surface area contributed by atoms with Crippen molar-refractivity contribution in [1.29, 1.82) is 5.26 Å². The second-order valence-electron chi connectivity index (χ2n) is 3.60. The molecule has 0 saturated carbocycles. The van der Waals surface area contributed by atoms with Crippen LogP contribution in [0.25, 0.3) is 0 Å². The highest BCUT2D eigenvalue weighted by atomic mass is 127. The zero-order valence-electron chi connectivity index (χ0n) is 9.68. The summed E-state index contributed by atoms with van der Waals surface area (Å²) in [4.78, 5) is 12.0. The van der Waals surface area contributed by atoms with Crippen LogP contribution in [0.5, 0.6) is 0 Å². The molecule has 0 radical (unpaired) electrons. The van der Waals surface area contributed by atoms with E-state index in [2.05, 4.69) is 15.5 Å². The third-order valence-corrected chi connectivity index (χ3v) is 3.08. The van der Waals surface area contributed by atoms with Crippen molar-refractivity contribution in [1.82, 2.24) is 19.6 Å². The number of aryl methyl sites for hydroxylation is 2. The van der Waals surface area contributed by atoms with Crippen molar-refractivity contribution in [3.63, 3.8) is 0 Å². The first kappa shape index (κ1) is 12.6. The fourth-order valence-corrected chi connectivity index (χ4v) is 2.20. The molecule has 1 amide bonds. The summed E-state index contributed by atoms with van der Waals surface area (Å²) in [6, 6.07) is 1.97. The van der Waals surface area contributed by atoms with E-state index in [1.54, 1.807) is 25.0 Å². The Labute approximate surface area is 117 Å². The maximum atomic E-state index is 12.0. The van der Waals surface area contributed by atoms with Crippen LogP contribution < -0.4 is 5.32 Å². The summed E-state index contributed by atoms with van der Waals surface area (Å²) in [5.41, 5.74) is 0.639. The Kier molecular flexibility index (Phi) is 3.33. The van der Waals surface area contributed by atoms with Gasteiger partial charge < -0.3 is 5.32 Å². The Morgan fingerprint density at radius 3 is 2.83 bits per heavy atom. The number of nitrogens with zero attached hydrogens (tertiary/aromatic N) is 5. The van der Waals surface area contributed by atoms with Gasteiger partial charge >= 0.3 is 0 Å². The van der Waals surface area contributed by atoms with E-state index in [0.29, 0.717) is 17.1 Å². The molecule has 0 saturated heterocycles. The van der Waals surface area contributed by atoms with Crippen molar-refractivity contribution < 1.29 is 4.79 Å². The van der Waals surface area contributed by atoms with Crippen LogP contribution in [0.3, 0.4) is 0 Å². The first-order chi connectivity index (χ1) is 8.52. The number of halogens is 1. The normalized spacial score (nSPS) is 10.1. The molecule has 1 N–H and O–H groups in total. The van der Waals surface area contributed by atoms with Crippen molar-refractivity contribution in [3.8, 4) is 6.07 Å². The molecule has 0 fully saturated rings. The van der Waals surface area contributed by atoms with E-state index < -0.39 is 0 Å². The Balaban J connectivity index is 2.30. The molecule has 18 heavy (non-hydrogen) atoms. The third-order valence-electron chi connectivity index (χ3n) is 2.29. The summed E-state index contributed by atoms with van der Waals surface area (Å²) >= 11 is 2.03. The lowest BCUT2D eigenvalue weighted by Crippen LogP contribution is -2.17. The SMILES string of the molecule is Cn1cc(I)c(C(=O)Nc2c(C#N)cnn2C)n1. The molecule has 0 aromatic carbocycles. The Hall–Kier alpha value is -1.89. The number of aromatic nitrogens is 4. The minimum atomic E-state index is -0.361. The molecule has 92 valence electrons. The molecule has 2 aromatic heterocycles. The lowest BCUT2D eigenvalue weighted by molar-refractivity contribution is 0.102. The molecule has 2 rings (SSSR count). The highest BCUT2D eigenvalue weighted by Gasteiger charge is 2.17. The minimum Gasteiger partial charge on any atom is -0.304 e. The molecule has 0 atom stereocenters. The van der Waals surface area contributed by atoms with E-state index in [1.165, 1.54) is 10.9 Å². The van der Waals surface area contributed by atoms with Crippen LogP contribution in [0.15, 0.2) is 12.4 Å². The van der Waals surface area contributed by atoms with Crippen molar-refractivity contribution in [2.45, 2.75) is 0 Å². The zero-order chi connectivity index (χ0) is 13.3. The van der Waals surface area contributed by atoms with Gasteiger partial charge in [0.05, 0.1) is 9.77 Å². The molecule has 0 unspecified atom stereocenters. The fourth-order valence-electron chi connectivity index (χ4n) is 1.45. The molecular formula is C10H9IN6O. The standard InChI is InChI=1S/C10H9IN6O/c1-16-5-7(11)8(15-16)10(18)14-9-6(3-12)4-13-17(9)2/h4-5H,1-2H3,(H,14,18). The van der Waals surface area contributed by atoms with Crippen molar-refractivity contribution in [2.24, 2.45) is 14.1 Å². The van der Waals surface area contributed by atoms with Gasteiger partial charge in [-0.3, -0.25) is 14.2 Å². The van der Waals surface area contributed by atoms with Gasteiger partial charge in [0.1, 0.15) is 17.5 Å². The average Bonchev–Trinajstić information content (AvgIpc) is 2.83. The molecule has 2 aromatic rings. The van der Waals surface area contributed by atoms with E-state index in [0.717, 1.165) is 3.57 Å². The lowest BCUT2D eigenvalue weighted by atomic mass is 10.3. The smallest absolute Gasteiger partial charge is 0.278 e. The molecule has 7 nitrogen and oxygen atoms in total. The number of amides is 1. The number of hydrogen-bond acceptors (Lipinski definition) is 4. The van der Waals surface area contributed by atoms with Crippen LogP contribution >= 0.6 is 22.6 Å². The summed E-state index contributed by atoms with van der Waals surface area (Å²) in [5.74, 6) is 0.00375.